The van der Waals surface area contributed by atoms with Gasteiger partial charge >= 0.3 is 0 Å². The van der Waals surface area contributed by atoms with Crippen molar-refractivity contribution < 1.29 is 4.79 Å². The van der Waals surface area contributed by atoms with Gasteiger partial charge in [0.2, 0.25) is 5.91 Å². The van der Waals surface area contributed by atoms with Gasteiger partial charge in [-0.2, -0.15) is 0 Å². The van der Waals surface area contributed by atoms with Gasteiger partial charge in [-0.05, 0) is 29.8 Å². The zero-order chi connectivity index (χ0) is 11.8. The van der Waals surface area contributed by atoms with Crippen molar-refractivity contribution in [2.45, 2.75) is 6.42 Å². The highest BCUT2D eigenvalue weighted by Gasteiger charge is 2.29. The van der Waals surface area contributed by atoms with Crippen LogP contribution in [-0.4, -0.2) is 5.91 Å². The first-order valence-corrected chi connectivity index (χ1v) is 6.22. The summed E-state index contributed by atoms with van der Waals surface area (Å²) in [6, 6.07) is 15.7. The predicted molar refractivity (Wildman–Crippen MR) is 71.4 cm³/mol. The fourth-order valence-corrected chi connectivity index (χ4v) is 2.65. The number of hydrogen-bond acceptors (Lipinski definition) is 1. The lowest BCUT2D eigenvalue weighted by atomic mass is 10.2. The number of amides is 1. The molecular weight excluding hydrogens is 278 g/mol. The third-order valence-electron chi connectivity index (χ3n) is 2.93. The minimum atomic E-state index is 0.123. The molecule has 0 N–H and O–H groups in total. The fourth-order valence-electron chi connectivity index (χ4n) is 2.16. The number of halogens is 1. The van der Waals surface area contributed by atoms with Gasteiger partial charge in [0, 0.05) is 10.2 Å². The van der Waals surface area contributed by atoms with Gasteiger partial charge in [0.05, 0.1) is 12.1 Å². The van der Waals surface area contributed by atoms with Crippen LogP contribution in [0.15, 0.2) is 53.0 Å². The Morgan fingerprint density at radius 1 is 1.00 bits per heavy atom. The van der Waals surface area contributed by atoms with Crippen LogP contribution in [0.1, 0.15) is 5.56 Å². The summed E-state index contributed by atoms with van der Waals surface area (Å²) in [6.45, 7) is 0. The molecule has 0 radical (unpaired) electrons. The maximum absolute atomic E-state index is 12.1. The van der Waals surface area contributed by atoms with Crippen LogP contribution in [0.4, 0.5) is 11.4 Å². The Balaban J connectivity index is 2.15. The van der Waals surface area contributed by atoms with Gasteiger partial charge in [0.25, 0.3) is 0 Å². The van der Waals surface area contributed by atoms with Crippen LogP contribution in [0.2, 0.25) is 0 Å². The van der Waals surface area contributed by atoms with Crippen molar-refractivity contribution in [1.29, 1.82) is 0 Å². The largest absolute Gasteiger partial charge is 0.280 e. The number of nitrogens with zero attached hydrogens (tertiary/aromatic N) is 1. The average Bonchev–Trinajstić information content (AvgIpc) is 2.68. The molecule has 0 atom stereocenters. The molecule has 2 aromatic rings. The van der Waals surface area contributed by atoms with Crippen molar-refractivity contribution in [1.82, 2.24) is 0 Å². The molecule has 3 rings (SSSR count). The third kappa shape index (κ3) is 1.67. The van der Waals surface area contributed by atoms with E-state index in [4.69, 9.17) is 0 Å². The van der Waals surface area contributed by atoms with Crippen LogP contribution in [0.5, 0.6) is 0 Å². The summed E-state index contributed by atoms with van der Waals surface area (Å²) in [5.74, 6) is 0.123. The van der Waals surface area contributed by atoms with Crippen LogP contribution in [0.3, 0.4) is 0 Å². The molecule has 0 aromatic heterocycles. The zero-order valence-electron chi connectivity index (χ0n) is 9.06. The number of rotatable bonds is 1. The molecule has 2 aromatic carbocycles. The first-order valence-electron chi connectivity index (χ1n) is 5.43. The van der Waals surface area contributed by atoms with Crippen molar-refractivity contribution in [3.8, 4) is 0 Å². The van der Waals surface area contributed by atoms with E-state index in [9.17, 15) is 4.79 Å². The summed E-state index contributed by atoms with van der Waals surface area (Å²) in [5, 5.41) is 0. The molecule has 1 aliphatic heterocycles. The lowest BCUT2D eigenvalue weighted by Gasteiger charge is -2.17. The fraction of sp³-hybridized carbons (Fsp3) is 0.0714. The number of fused-ring (bicyclic) bond motifs is 1. The first kappa shape index (κ1) is 10.5. The molecule has 0 fully saturated rings. The van der Waals surface area contributed by atoms with Gasteiger partial charge in [-0.15, -0.1) is 0 Å². The van der Waals surface area contributed by atoms with E-state index in [0.29, 0.717) is 6.42 Å². The van der Waals surface area contributed by atoms with E-state index < -0.39 is 0 Å². The van der Waals surface area contributed by atoms with Crippen LogP contribution >= 0.6 is 15.9 Å². The normalized spacial score (nSPS) is 13.9. The Labute approximate surface area is 108 Å². The maximum Gasteiger partial charge on any atom is 0.236 e. The van der Waals surface area contributed by atoms with Crippen molar-refractivity contribution in [3.63, 3.8) is 0 Å². The van der Waals surface area contributed by atoms with Gasteiger partial charge in [0.15, 0.2) is 0 Å². The molecule has 17 heavy (non-hydrogen) atoms. The number of carbonyl (C=O) groups is 1. The molecule has 3 heteroatoms. The molecule has 0 aliphatic carbocycles. The Morgan fingerprint density at radius 2 is 1.76 bits per heavy atom. The second kappa shape index (κ2) is 4.00. The molecule has 1 amide bonds. The van der Waals surface area contributed by atoms with E-state index in [2.05, 4.69) is 15.9 Å². The van der Waals surface area contributed by atoms with Crippen LogP contribution < -0.4 is 4.90 Å². The highest BCUT2D eigenvalue weighted by molar-refractivity contribution is 9.10. The minimum absolute atomic E-state index is 0.123. The van der Waals surface area contributed by atoms with Crippen molar-refractivity contribution >= 4 is 33.2 Å². The molecule has 0 saturated carbocycles. The van der Waals surface area contributed by atoms with Crippen molar-refractivity contribution in [3.05, 3.63) is 58.6 Å². The van der Waals surface area contributed by atoms with Gasteiger partial charge in [-0.3, -0.25) is 9.69 Å². The monoisotopic (exact) mass is 287 g/mol. The van der Waals surface area contributed by atoms with E-state index in [1.165, 1.54) is 0 Å². The quantitative estimate of drug-likeness (QED) is 0.784. The van der Waals surface area contributed by atoms with Crippen molar-refractivity contribution in [2.75, 3.05) is 4.90 Å². The summed E-state index contributed by atoms with van der Waals surface area (Å²) >= 11 is 3.50. The molecule has 0 spiro atoms. The lowest BCUT2D eigenvalue weighted by molar-refractivity contribution is -0.116. The summed E-state index contributed by atoms with van der Waals surface area (Å²) in [7, 11) is 0. The number of para-hydroxylation sites is 1. The molecule has 1 heterocycles. The minimum Gasteiger partial charge on any atom is -0.280 e. The number of benzene rings is 2. The van der Waals surface area contributed by atoms with Crippen LogP contribution in [0, 0.1) is 0 Å². The summed E-state index contributed by atoms with van der Waals surface area (Å²) < 4.78 is 1.00. The Morgan fingerprint density at radius 3 is 2.53 bits per heavy atom. The van der Waals surface area contributed by atoms with E-state index in [1.807, 2.05) is 48.5 Å². The molecule has 0 unspecified atom stereocenters. The highest BCUT2D eigenvalue weighted by atomic mass is 79.9. The van der Waals surface area contributed by atoms with E-state index in [-0.39, 0.29) is 5.91 Å². The molecule has 1 aliphatic rings. The van der Waals surface area contributed by atoms with Gasteiger partial charge in [0.1, 0.15) is 0 Å². The van der Waals surface area contributed by atoms with E-state index in [1.54, 1.807) is 4.90 Å². The lowest BCUT2D eigenvalue weighted by Crippen LogP contribution is -2.20. The number of carbonyl (C=O) groups excluding carboxylic acids is 1. The molecule has 0 saturated heterocycles. The Kier molecular flexibility index (Phi) is 2.48. The summed E-state index contributed by atoms with van der Waals surface area (Å²) in [4.78, 5) is 13.9. The topological polar surface area (TPSA) is 20.3 Å². The molecule has 84 valence electrons. The van der Waals surface area contributed by atoms with E-state index in [0.717, 1.165) is 21.4 Å². The SMILES string of the molecule is O=C1Cc2c(Br)cccc2N1c1ccccc1. The molecule has 0 bridgehead atoms. The third-order valence-corrected chi connectivity index (χ3v) is 3.67. The predicted octanol–water partition coefficient (Wildman–Crippen LogP) is 3.67. The van der Waals surface area contributed by atoms with Gasteiger partial charge in [-0.1, -0.05) is 40.2 Å². The van der Waals surface area contributed by atoms with Crippen LogP contribution in [-0.2, 0) is 11.2 Å². The summed E-state index contributed by atoms with van der Waals surface area (Å²) in [6.07, 6.45) is 0.464. The zero-order valence-corrected chi connectivity index (χ0v) is 10.6. The van der Waals surface area contributed by atoms with Gasteiger partial charge < -0.3 is 0 Å². The average molecular weight is 288 g/mol. The first-order chi connectivity index (χ1) is 8.27. The Bertz CT molecular complexity index is 580. The van der Waals surface area contributed by atoms with E-state index >= 15 is 0 Å². The summed E-state index contributed by atoms with van der Waals surface area (Å²) in [5.41, 5.74) is 2.98. The van der Waals surface area contributed by atoms with Crippen LogP contribution in [0.25, 0.3) is 0 Å². The standard InChI is InChI=1S/C14H10BrNO/c15-12-7-4-8-13-11(12)9-14(17)16(13)10-5-2-1-3-6-10/h1-8H,9H2. The molecule has 2 nitrogen and oxygen atoms in total. The Hall–Kier alpha value is -1.61. The maximum atomic E-state index is 12.1. The second-order valence-electron chi connectivity index (χ2n) is 3.98. The van der Waals surface area contributed by atoms with Crippen molar-refractivity contribution in [2.24, 2.45) is 0 Å². The number of anilines is 2. The highest BCUT2D eigenvalue weighted by Crippen LogP contribution is 2.38. The van der Waals surface area contributed by atoms with Gasteiger partial charge in [-0.25, -0.2) is 0 Å². The smallest absolute Gasteiger partial charge is 0.236 e. The second-order valence-corrected chi connectivity index (χ2v) is 4.83. The number of hydrogen-bond donors (Lipinski definition) is 0. The molecular formula is C14H10BrNO.